The van der Waals surface area contributed by atoms with Crippen LogP contribution in [-0.4, -0.2) is 49.8 Å². The second-order valence-corrected chi connectivity index (χ2v) is 37.9. The first-order valence-electron chi connectivity index (χ1n) is 49.8. The number of pyridine rings is 4. The molecule has 0 fully saturated rings. The molecule has 5 aliphatic carbocycles. The van der Waals surface area contributed by atoms with Crippen LogP contribution in [0.5, 0.6) is 0 Å². The van der Waals surface area contributed by atoms with Crippen LogP contribution in [0.3, 0.4) is 0 Å². The lowest BCUT2D eigenvalue weighted by atomic mass is 9.67. The van der Waals surface area contributed by atoms with Crippen molar-refractivity contribution >= 4 is 0 Å². The van der Waals surface area contributed by atoms with Gasteiger partial charge in [-0.1, -0.05) is 425 Å². The van der Waals surface area contributed by atoms with Crippen molar-refractivity contribution in [3.63, 3.8) is 0 Å². The fourth-order valence-electron chi connectivity index (χ4n) is 23.4. The number of nitrogens with zero attached hydrogens (tertiary/aromatic N) is 10. The van der Waals surface area contributed by atoms with E-state index in [9.17, 15) is 0 Å². The molecule has 0 amide bonds. The minimum Gasteiger partial charge on any atom is -0.264 e. The zero-order valence-corrected chi connectivity index (χ0v) is 79.8. The summed E-state index contributed by atoms with van der Waals surface area (Å²) in [4.78, 5) is 49.9. The van der Waals surface area contributed by atoms with E-state index in [1.807, 2.05) is 110 Å². The van der Waals surface area contributed by atoms with Crippen LogP contribution in [0.2, 0.25) is 0 Å². The van der Waals surface area contributed by atoms with E-state index in [0.29, 0.717) is 17.5 Å². The molecule has 24 aromatic rings. The summed E-state index contributed by atoms with van der Waals surface area (Å²) < 4.78 is 0. The van der Waals surface area contributed by atoms with Gasteiger partial charge in [0.2, 0.25) is 0 Å². The first-order chi connectivity index (χ1) is 72.9. The highest BCUT2D eigenvalue weighted by atomic mass is 14.9. The second-order valence-electron chi connectivity index (χ2n) is 37.9. The maximum Gasteiger partial charge on any atom is 0.160 e. The van der Waals surface area contributed by atoms with Crippen molar-refractivity contribution in [3.05, 3.63) is 601 Å². The first kappa shape index (κ1) is 86.7. The molecule has 10 heteroatoms. The Labute approximate surface area is 852 Å². The van der Waals surface area contributed by atoms with Gasteiger partial charge in [0.25, 0.3) is 0 Å². The van der Waals surface area contributed by atoms with Gasteiger partial charge in [0.05, 0.1) is 61.8 Å². The molecule has 0 atom stereocenters. The highest BCUT2D eigenvalue weighted by molar-refractivity contribution is 5.98. The van der Waals surface area contributed by atoms with E-state index in [4.69, 9.17) is 39.9 Å². The molecule has 0 bridgehead atoms. The molecule has 29 rings (SSSR count). The molecular weight excluding hydrogens is 1790 g/mol. The maximum atomic E-state index is 5.28. The van der Waals surface area contributed by atoms with Gasteiger partial charge in [0.15, 0.2) is 17.5 Å². The average molecular weight is 1870 g/mol. The molecular formula is C137H88N10. The van der Waals surface area contributed by atoms with Crippen LogP contribution >= 0.6 is 0 Å². The van der Waals surface area contributed by atoms with Crippen LogP contribution < -0.4 is 0 Å². The van der Waals surface area contributed by atoms with Crippen molar-refractivity contribution in [2.24, 2.45) is 0 Å². The Morgan fingerprint density at radius 3 is 0.864 bits per heavy atom. The third kappa shape index (κ3) is 14.6. The Balaban J connectivity index is 0.000000109. The Morgan fingerprint density at radius 2 is 0.415 bits per heavy atom. The third-order valence-electron chi connectivity index (χ3n) is 29.9. The molecule has 0 radical (unpaired) electrons. The Bertz CT molecular complexity index is 8580. The summed E-state index contributed by atoms with van der Waals surface area (Å²) in [5.41, 5.74) is 46.7. The fourth-order valence-corrected chi connectivity index (χ4v) is 23.4. The van der Waals surface area contributed by atoms with Crippen LogP contribution in [0, 0.1) is 0 Å². The quantitative estimate of drug-likeness (QED) is 0.104. The highest BCUT2D eigenvalue weighted by Crippen LogP contribution is 2.66. The normalized spacial score (nSPS) is 12.9. The minimum absolute atomic E-state index is 0.407. The highest BCUT2D eigenvalue weighted by Gasteiger charge is 2.55. The van der Waals surface area contributed by atoms with Crippen LogP contribution in [0.25, 0.3) is 191 Å². The minimum atomic E-state index is -0.520. The van der Waals surface area contributed by atoms with Crippen LogP contribution in [0.15, 0.2) is 535 Å². The van der Waals surface area contributed by atoms with E-state index in [-0.39, 0.29) is 0 Å². The number of fused-ring (bicyclic) bond motifs is 23. The number of rotatable bonds is 14. The Hall–Kier alpha value is -19.4. The molecule has 0 unspecified atom stereocenters. The summed E-state index contributed by atoms with van der Waals surface area (Å²) in [6, 6.07) is 176. The standard InChI is InChI=1S/C46H29N3.C46H31N3.C45H28N4/c1-3-12-30(13-4-1)43-28-44(49-45(48-43)31-14-5-2-6-15-31)34-17-11-16-32(26-34)33-22-23-37-38-29-47-25-24-41(38)46(42(37)27-33)39-20-9-7-18-35(39)36-19-8-10-21-40(36)46;1-5-14-32(15-6-1)34-18-13-19-36(28-34)45-48-43(33-16-7-2-8-17-33)30-44(49-45)35-24-25-39-40-31-47-27-26-41(40)46(42(39)29-35,37-20-9-3-10-21-37)38-22-11-4-12-23-38;1-3-13-29(14-4-1)40-27-41(49-44(48-40)30-15-5-2-6-16-30)32-18-11-17-31(25-32)33-26-39-43(47-28-33)42-38(23-12-24-46-42)45(39)36-21-9-7-19-34(36)35-20-8-10-22-37(35)45/h1-29H;1-31H;1-28H. The van der Waals surface area contributed by atoms with Crippen molar-refractivity contribution in [1.82, 2.24) is 49.8 Å². The molecule has 147 heavy (non-hydrogen) atoms. The Morgan fingerprint density at radius 1 is 0.136 bits per heavy atom. The van der Waals surface area contributed by atoms with Crippen LogP contribution in [0.4, 0.5) is 0 Å². The zero-order valence-electron chi connectivity index (χ0n) is 79.8. The van der Waals surface area contributed by atoms with Gasteiger partial charge >= 0.3 is 0 Å². The van der Waals surface area contributed by atoms with E-state index >= 15 is 0 Å². The zero-order chi connectivity index (χ0) is 97.4. The van der Waals surface area contributed by atoms with Crippen molar-refractivity contribution in [3.8, 4) is 191 Å². The molecule has 7 heterocycles. The van der Waals surface area contributed by atoms with Crippen LogP contribution in [0.1, 0.15) is 66.8 Å². The summed E-state index contributed by atoms with van der Waals surface area (Å²) in [5, 5.41) is 0. The lowest BCUT2D eigenvalue weighted by Crippen LogP contribution is -2.28. The van der Waals surface area contributed by atoms with E-state index < -0.39 is 16.2 Å². The summed E-state index contributed by atoms with van der Waals surface area (Å²) in [7, 11) is 0. The molecule has 5 aliphatic rings. The molecule has 7 aromatic heterocycles. The van der Waals surface area contributed by atoms with Gasteiger partial charge in [-0.25, -0.2) is 29.9 Å². The molecule has 0 saturated carbocycles. The van der Waals surface area contributed by atoms with Gasteiger partial charge in [0, 0.05) is 110 Å². The smallest absolute Gasteiger partial charge is 0.160 e. The maximum absolute atomic E-state index is 5.28. The number of aromatic nitrogens is 10. The number of benzene rings is 17. The molecule has 17 aromatic carbocycles. The molecule has 10 nitrogen and oxygen atoms in total. The van der Waals surface area contributed by atoms with E-state index in [1.165, 1.54) is 111 Å². The van der Waals surface area contributed by atoms with Gasteiger partial charge in [-0.05, 0) is 195 Å². The number of hydrogen-bond acceptors (Lipinski definition) is 10. The predicted molar refractivity (Wildman–Crippen MR) is 592 cm³/mol. The van der Waals surface area contributed by atoms with Gasteiger partial charge in [0.1, 0.15) is 0 Å². The monoisotopic (exact) mass is 1870 g/mol. The van der Waals surface area contributed by atoms with Crippen molar-refractivity contribution in [2.45, 2.75) is 16.2 Å². The van der Waals surface area contributed by atoms with Crippen molar-refractivity contribution < 1.29 is 0 Å². The second kappa shape index (κ2) is 36.3. The van der Waals surface area contributed by atoms with E-state index in [1.54, 1.807) is 0 Å². The average Bonchev–Trinajstić information content (AvgIpc) is 1.51. The molecule has 0 aliphatic heterocycles. The lowest BCUT2D eigenvalue weighted by Gasteiger charge is -2.34. The van der Waals surface area contributed by atoms with Crippen molar-refractivity contribution in [1.29, 1.82) is 0 Å². The SMILES string of the molecule is c1ccc(-c2cc(-c3cccc(-c4ccc5c(c4)C4(c6ccccc6-c6ccccc64)c4ccncc4-5)c3)nc(-c3ccccc3)n2)cc1.c1ccc(-c2cc(-c3cccc(-c4cnc5c(c4)C4(c6ccccc6-c6ccccc64)c4cccnc4-5)c3)nc(-c3ccccc3)n2)cc1.c1ccc(-c2cccc(-c3nc(-c4ccccc4)cc(-c4ccc5c(c4)C(c4ccccc4)(c4ccccc4)c4ccncc4-5)n3)c2)cc1. The topological polar surface area (TPSA) is 129 Å². The Kier molecular flexibility index (Phi) is 21.4. The van der Waals surface area contributed by atoms with E-state index in [0.717, 1.165) is 129 Å². The van der Waals surface area contributed by atoms with Crippen LogP contribution in [-0.2, 0) is 16.2 Å². The van der Waals surface area contributed by atoms with Gasteiger partial charge < -0.3 is 0 Å². The summed E-state index contributed by atoms with van der Waals surface area (Å²) >= 11 is 0. The summed E-state index contributed by atoms with van der Waals surface area (Å²) in [5.74, 6) is 2.11. The van der Waals surface area contributed by atoms with Gasteiger partial charge in [-0.15, -0.1) is 0 Å². The first-order valence-corrected chi connectivity index (χ1v) is 49.8. The third-order valence-corrected chi connectivity index (χ3v) is 29.9. The fraction of sp³-hybridized carbons (Fsp3) is 0.0219. The van der Waals surface area contributed by atoms with E-state index in [2.05, 4.69) is 435 Å². The van der Waals surface area contributed by atoms with Gasteiger partial charge in [-0.3, -0.25) is 19.9 Å². The summed E-state index contributed by atoms with van der Waals surface area (Å²) in [6.07, 6.45) is 11.8. The largest absolute Gasteiger partial charge is 0.264 e. The van der Waals surface area contributed by atoms with Crippen molar-refractivity contribution in [2.75, 3.05) is 0 Å². The molecule has 0 saturated heterocycles. The van der Waals surface area contributed by atoms with Gasteiger partial charge in [-0.2, -0.15) is 0 Å². The molecule has 686 valence electrons. The molecule has 0 N–H and O–H groups in total. The number of hydrogen-bond donors (Lipinski definition) is 0. The summed E-state index contributed by atoms with van der Waals surface area (Å²) in [6.45, 7) is 0. The lowest BCUT2D eigenvalue weighted by molar-refractivity contribution is 0.767. The predicted octanol–water partition coefficient (Wildman–Crippen LogP) is 32.1. The molecule has 2 spiro atoms.